The highest BCUT2D eigenvalue weighted by atomic mass is 79.9. The lowest BCUT2D eigenvalue weighted by Gasteiger charge is -2.21. The molecule has 0 saturated heterocycles. The highest BCUT2D eigenvalue weighted by molar-refractivity contribution is 9.10. The Morgan fingerprint density at radius 2 is 0.992 bits per heavy atom. The average Bonchev–Trinajstić information content (AvgIpc) is 1.60. The second-order valence-corrected chi connectivity index (χ2v) is 32.4. The first kappa shape index (κ1) is 79.8. The maximum absolute atomic E-state index is 15.0. The van der Waals surface area contributed by atoms with E-state index in [4.69, 9.17) is 30.2 Å². The van der Waals surface area contributed by atoms with Gasteiger partial charge in [-0.2, -0.15) is 30.3 Å². The molecule has 0 unspecified atom stereocenters. The van der Waals surface area contributed by atoms with Gasteiger partial charge >= 0.3 is 0 Å². The van der Waals surface area contributed by atoms with Crippen LogP contribution in [0.1, 0.15) is 77.6 Å². The van der Waals surface area contributed by atoms with Crippen LogP contribution in [0.2, 0.25) is 0 Å². The summed E-state index contributed by atoms with van der Waals surface area (Å²) in [5.41, 5.74) is 21.0. The van der Waals surface area contributed by atoms with Gasteiger partial charge in [0.05, 0.1) is 83.5 Å². The summed E-state index contributed by atoms with van der Waals surface area (Å²) in [5, 5.41) is 45.1. The molecule has 0 spiro atoms. The summed E-state index contributed by atoms with van der Waals surface area (Å²) in [7, 11) is 1.73. The Balaban J connectivity index is 0.000000109. The number of para-hydroxylation sites is 5. The van der Waals surface area contributed by atoms with Crippen LogP contribution in [0, 0.1) is 25.6 Å². The van der Waals surface area contributed by atoms with E-state index in [1.165, 1.54) is 65.0 Å². The summed E-state index contributed by atoms with van der Waals surface area (Å²) < 4.78 is 32.0. The van der Waals surface area contributed by atoms with Crippen molar-refractivity contribution in [3.8, 4) is 67.7 Å². The van der Waals surface area contributed by atoms with E-state index in [2.05, 4.69) is 195 Å². The molecular formula is C98H86BrFN18OS2. The molecule has 10 aromatic heterocycles. The summed E-state index contributed by atoms with van der Waals surface area (Å²) >= 11 is 6.88. The summed E-state index contributed by atoms with van der Waals surface area (Å²) in [5.74, 6) is 1.74. The average molecular weight is 1690 g/mol. The summed E-state index contributed by atoms with van der Waals surface area (Å²) in [4.78, 5) is 20.0. The van der Waals surface area contributed by atoms with Crippen molar-refractivity contribution in [3.63, 3.8) is 0 Å². The van der Waals surface area contributed by atoms with Gasteiger partial charge in [0.15, 0.2) is 5.82 Å². The van der Waals surface area contributed by atoms with Crippen LogP contribution in [0.3, 0.4) is 0 Å². The number of tetrazole rings is 1. The molecule has 0 amide bonds. The quantitative estimate of drug-likeness (QED) is 0.0695. The van der Waals surface area contributed by atoms with Crippen LogP contribution in [-0.4, -0.2) is 95.7 Å². The highest BCUT2D eigenvalue weighted by Gasteiger charge is 2.23. The van der Waals surface area contributed by atoms with E-state index < -0.39 is 0 Å². The van der Waals surface area contributed by atoms with Crippen molar-refractivity contribution < 1.29 is 9.13 Å². The maximum Gasteiger partial charge on any atom is 0.196 e. The van der Waals surface area contributed by atoms with Crippen LogP contribution in [-0.2, 0) is 33.2 Å². The number of benzene rings is 10. The van der Waals surface area contributed by atoms with E-state index in [9.17, 15) is 0 Å². The fourth-order valence-electron chi connectivity index (χ4n) is 15.6. The van der Waals surface area contributed by atoms with Crippen LogP contribution < -0.4 is 4.74 Å². The van der Waals surface area contributed by atoms with Gasteiger partial charge < -0.3 is 4.74 Å². The van der Waals surface area contributed by atoms with E-state index in [0.29, 0.717) is 49.1 Å². The zero-order chi connectivity index (χ0) is 82.2. The zero-order valence-corrected chi connectivity index (χ0v) is 70.3. The Morgan fingerprint density at radius 3 is 1.55 bits per heavy atom. The number of hydrogen-bond donors (Lipinski definition) is 0. The maximum atomic E-state index is 15.0. The molecule has 10 aromatic carbocycles. The summed E-state index contributed by atoms with van der Waals surface area (Å²) in [6.45, 7) is 7.14. The van der Waals surface area contributed by atoms with Gasteiger partial charge in [-0.05, 0) is 126 Å². The zero-order valence-electron chi connectivity index (χ0n) is 67.1. The van der Waals surface area contributed by atoms with Gasteiger partial charge in [-0.3, -0.25) is 33.7 Å². The topological polar surface area (TPSA) is 193 Å². The van der Waals surface area contributed by atoms with Gasteiger partial charge in [-0.15, -0.1) is 32.9 Å². The van der Waals surface area contributed by atoms with E-state index in [1.54, 1.807) is 41.9 Å². The molecule has 0 radical (unpaired) electrons. The minimum Gasteiger partial charge on any atom is -0.494 e. The molecule has 10 heterocycles. The predicted molar refractivity (Wildman–Crippen MR) is 487 cm³/mol. The van der Waals surface area contributed by atoms with Crippen LogP contribution in [0.15, 0.2) is 319 Å². The Hall–Kier alpha value is -13.6. The predicted octanol–water partition coefficient (Wildman–Crippen LogP) is 23.2. The molecule has 121 heavy (non-hydrogen) atoms. The van der Waals surface area contributed by atoms with E-state index in [1.807, 2.05) is 190 Å². The number of aromatic nitrogens is 18. The van der Waals surface area contributed by atoms with Crippen LogP contribution in [0.4, 0.5) is 4.39 Å². The number of rotatable bonds is 19. The summed E-state index contributed by atoms with van der Waals surface area (Å²) in [6, 6.07) is 93.4. The van der Waals surface area contributed by atoms with Crippen molar-refractivity contribution in [2.45, 2.75) is 85.0 Å². The fourth-order valence-corrected chi connectivity index (χ4v) is 17.2. The largest absolute Gasteiger partial charge is 0.494 e. The van der Waals surface area contributed by atoms with Crippen molar-refractivity contribution in [1.82, 2.24) is 89.0 Å². The smallest absolute Gasteiger partial charge is 0.196 e. The van der Waals surface area contributed by atoms with Gasteiger partial charge in [-0.1, -0.05) is 244 Å². The van der Waals surface area contributed by atoms with Gasteiger partial charge in [-0.25, -0.2) is 14.1 Å². The van der Waals surface area contributed by atoms with E-state index in [0.717, 1.165) is 140 Å². The number of nitrogens with zero attached hydrogens (tertiary/aromatic N) is 18. The first-order valence-electron chi connectivity index (χ1n) is 40.5. The fraction of sp³-hybridized carbons (Fsp3) is 0.163. The van der Waals surface area contributed by atoms with Crippen molar-refractivity contribution in [3.05, 3.63) is 358 Å². The second kappa shape index (κ2) is 38.0. The van der Waals surface area contributed by atoms with Crippen molar-refractivity contribution in [1.29, 1.82) is 0 Å². The van der Waals surface area contributed by atoms with Crippen molar-refractivity contribution in [2.75, 3.05) is 6.61 Å². The van der Waals surface area contributed by atoms with Crippen molar-refractivity contribution >= 4 is 93.1 Å². The second-order valence-electron chi connectivity index (χ2n) is 29.6. The molecule has 0 atom stereocenters. The van der Waals surface area contributed by atoms with Crippen LogP contribution >= 0.6 is 38.6 Å². The molecular weight excluding hydrogens is 1610 g/mol. The normalized spacial score (nSPS) is 12.0. The molecule has 600 valence electrons. The van der Waals surface area contributed by atoms with Gasteiger partial charge in [0, 0.05) is 94.3 Å². The summed E-state index contributed by atoms with van der Waals surface area (Å²) in [6.07, 6.45) is 16.4. The third-order valence-electron chi connectivity index (χ3n) is 21.4. The number of ether oxygens (including phenoxy) is 1. The molecule has 1 fully saturated rings. The first-order chi connectivity index (χ1) is 59.6. The molecule has 1 aliphatic rings. The number of pyridine rings is 2. The minimum absolute atomic E-state index is 0.319. The molecule has 1 aliphatic carbocycles. The van der Waals surface area contributed by atoms with Gasteiger partial charge in [0.25, 0.3) is 0 Å². The Kier molecular flexibility index (Phi) is 25.1. The number of hydrogen-bond acceptors (Lipinski definition) is 15. The molecule has 23 heteroatoms. The standard InChI is InChI=1S/C26H31FN6O.C19H14BrN3.C19H15N3.2C17H13N3S/c1-18-8-6-12-21-25(30-33(26(18)21)17-24-28-31-32(2)29-24)22-16-20(13-14-23(22)27)34-15-7-11-19-9-4-3-5-10-19;20-16-10-6-12-21-17(16)13-23-18-11-5-4-9-15(18)19(22-23)14-7-2-1-3-8-14;1-14-17(12-7-13-20-14)22-18-11-6-5-10-16(18)19(21-22)15-8-3-2-4-9-15;1-2-6-13(7-3-1)17-15-8-4-5-9-16(15)20(19-17)11-14-10-18-12-21-14;1-2-6-13(7-3-1)17-14-8-4-5-9-15(14)20(19-17)12-16-18-10-11-21-16/h6,8,12-14,16,19H,3-5,7,9-11,15,17H2,1-2H3;1-12H,13H2;2-13H,1H3;1-10,12H,11H2;1-11H,12H2. The lowest BCUT2D eigenvalue weighted by Crippen LogP contribution is -2.08. The number of halogens is 2. The molecule has 1 saturated carbocycles. The Bertz CT molecular complexity index is 6650. The third-order valence-corrected chi connectivity index (χ3v) is 23.7. The minimum atomic E-state index is -0.319. The monoisotopic (exact) mass is 1690 g/mol. The Morgan fingerprint density at radius 1 is 0.463 bits per heavy atom. The first-order valence-corrected chi connectivity index (χ1v) is 43.1. The van der Waals surface area contributed by atoms with E-state index >= 15 is 4.39 Å². The number of aryl methyl sites for hydroxylation is 3. The van der Waals surface area contributed by atoms with Gasteiger partial charge in [0.2, 0.25) is 0 Å². The SMILES string of the molecule is Brc1cccnc1Cn1nc(-c2ccccc2)c2ccccc21.Cc1cccc2c(-c3cc(OCCCC4CCCCC4)ccc3F)nn(Cc3nnn(C)n3)c12.Cc1ncccc1-n1nc(-c2ccccc2)c2ccccc21.c1ccc(-c2nn(Cc3cncs3)c3ccccc23)cc1.c1ccc(-c2nn(Cc3nccs3)c3ccccc23)cc1. The van der Waals surface area contributed by atoms with Crippen molar-refractivity contribution in [2.24, 2.45) is 13.0 Å². The molecule has 20 aromatic rings. The molecule has 21 rings (SSSR count). The molecule has 19 nitrogen and oxygen atoms in total. The number of thiazole rings is 2. The van der Waals surface area contributed by atoms with E-state index in [-0.39, 0.29) is 5.82 Å². The lowest BCUT2D eigenvalue weighted by atomic mass is 9.86. The lowest BCUT2D eigenvalue weighted by molar-refractivity contribution is 0.269. The molecule has 0 N–H and O–H groups in total. The van der Waals surface area contributed by atoms with Crippen LogP contribution in [0.5, 0.6) is 5.75 Å². The Labute approximate surface area is 716 Å². The highest BCUT2D eigenvalue weighted by Crippen LogP contribution is 2.38. The third kappa shape index (κ3) is 18.6. The molecule has 0 bridgehead atoms. The molecule has 0 aliphatic heterocycles. The van der Waals surface area contributed by atoms with Gasteiger partial charge in [0.1, 0.15) is 51.6 Å². The number of fused-ring (bicyclic) bond motifs is 5. The van der Waals surface area contributed by atoms with Crippen LogP contribution in [0.25, 0.3) is 116 Å².